The number of likely N-dealkylation sites (tertiary alicyclic amines) is 1. The Bertz CT molecular complexity index is 799. The molecule has 2 aliphatic rings. The van der Waals surface area contributed by atoms with Crippen LogP contribution in [0.3, 0.4) is 0 Å². The maximum Gasteiger partial charge on any atom is 0.254 e. The summed E-state index contributed by atoms with van der Waals surface area (Å²) < 4.78 is 2.25. The van der Waals surface area contributed by atoms with E-state index in [2.05, 4.69) is 20.1 Å². The van der Waals surface area contributed by atoms with Gasteiger partial charge >= 0.3 is 0 Å². The van der Waals surface area contributed by atoms with Crippen LogP contribution in [0.5, 0.6) is 0 Å². The van der Waals surface area contributed by atoms with Crippen molar-refractivity contribution in [1.29, 1.82) is 0 Å². The van der Waals surface area contributed by atoms with E-state index in [0.717, 1.165) is 68.3 Å². The zero-order valence-corrected chi connectivity index (χ0v) is 16.3. The molecule has 1 N–H and O–H groups in total. The SMILES string of the molecule is Cc1cc(Cl)ccc1C(=O)N1CCC(c2nnc3n2CCNC3)CC1.Cl. The first-order valence-corrected chi connectivity index (χ1v) is 9.19. The molecule has 0 bridgehead atoms. The lowest BCUT2D eigenvalue weighted by molar-refractivity contribution is 0.0709. The van der Waals surface area contributed by atoms with E-state index in [1.165, 1.54) is 0 Å². The topological polar surface area (TPSA) is 63.1 Å². The largest absolute Gasteiger partial charge is 0.339 e. The molecule has 0 saturated carbocycles. The summed E-state index contributed by atoms with van der Waals surface area (Å²) in [5, 5.41) is 12.7. The van der Waals surface area contributed by atoms with Crippen LogP contribution in [0.25, 0.3) is 0 Å². The van der Waals surface area contributed by atoms with Crippen LogP contribution in [0, 0.1) is 6.92 Å². The van der Waals surface area contributed by atoms with Gasteiger partial charge in [-0.3, -0.25) is 4.79 Å². The third kappa shape index (κ3) is 3.59. The van der Waals surface area contributed by atoms with Gasteiger partial charge in [0, 0.05) is 42.7 Å². The first-order valence-electron chi connectivity index (χ1n) is 8.81. The maximum absolute atomic E-state index is 12.8. The number of carbonyl (C=O) groups excluding carboxylic acids is 1. The van der Waals surface area contributed by atoms with E-state index >= 15 is 0 Å². The van der Waals surface area contributed by atoms with Crippen LogP contribution >= 0.6 is 24.0 Å². The Labute approximate surface area is 164 Å². The maximum atomic E-state index is 12.8. The number of halogens is 2. The zero-order valence-electron chi connectivity index (χ0n) is 14.7. The Morgan fingerprint density at radius 2 is 2.00 bits per heavy atom. The zero-order chi connectivity index (χ0) is 17.4. The van der Waals surface area contributed by atoms with Gasteiger partial charge in [0.2, 0.25) is 0 Å². The van der Waals surface area contributed by atoms with Gasteiger partial charge in [0.15, 0.2) is 0 Å². The predicted octanol–water partition coefficient (Wildman–Crippen LogP) is 2.78. The van der Waals surface area contributed by atoms with E-state index in [0.29, 0.717) is 10.9 Å². The smallest absolute Gasteiger partial charge is 0.254 e. The van der Waals surface area contributed by atoms with Gasteiger partial charge in [-0.05, 0) is 43.5 Å². The van der Waals surface area contributed by atoms with Crippen molar-refractivity contribution in [1.82, 2.24) is 25.0 Å². The van der Waals surface area contributed by atoms with E-state index in [-0.39, 0.29) is 18.3 Å². The van der Waals surface area contributed by atoms with Gasteiger partial charge in [-0.25, -0.2) is 0 Å². The van der Waals surface area contributed by atoms with Crippen LogP contribution in [0.1, 0.15) is 46.3 Å². The fraction of sp³-hybridized carbons (Fsp3) is 0.500. The summed E-state index contributed by atoms with van der Waals surface area (Å²) in [7, 11) is 0. The monoisotopic (exact) mass is 395 g/mol. The molecule has 0 atom stereocenters. The highest BCUT2D eigenvalue weighted by Crippen LogP contribution is 2.29. The molecule has 26 heavy (non-hydrogen) atoms. The predicted molar refractivity (Wildman–Crippen MR) is 103 cm³/mol. The highest BCUT2D eigenvalue weighted by Gasteiger charge is 2.29. The summed E-state index contributed by atoms with van der Waals surface area (Å²) in [6.07, 6.45) is 1.87. The van der Waals surface area contributed by atoms with Crippen molar-refractivity contribution < 1.29 is 4.79 Å². The van der Waals surface area contributed by atoms with Gasteiger partial charge in [-0.15, -0.1) is 22.6 Å². The third-order valence-corrected chi connectivity index (χ3v) is 5.45. The van der Waals surface area contributed by atoms with Crippen molar-refractivity contribution in [2.45, 2.75) is 38.8 Å². The summed E-state index contributed by atoms with van der Waals surface area (Å²) in [6.45, 7) is 6.13. The van der Waals surface area contributed by atoms with E-state index in [1.807, 2.05) is 24.0 Å². The lowest BCUT2D eigenvalue weighted by Crippen LogP contribution is -2.39. The summed E-state index contributed by atoms with van der Waals surface area (Å²) in [5.74, 6) is 2.60. The number of nitrogens with one attached hydrogen (secondary N) is 1. The minimum atomic E-state index is 0. The Morgan fingerprint density at radius 3 is 2.73 bits per heavy atom. The number of nitrogens with zero attached hydrogens (tertiary/aromatic N) is 4. The van der Waals surface area contributed by atoms with Crippen LogP contribution in [0.4, 0.5) is 0 Å². The molecule has 1 saturated heterocycles. The number of carbonyl (C=O) groups is 1. The van der Waals surface area contributed by atoms with Crippen LogP contribution in [0.2, 0.25) is 5.02 Å². The molecule has 0 aliphatic carbocycles. The number of benzene rings is 1. The fourth-order valence-corrected chi connectivity index (χ4v) is 4.02. The van der Waals surface area contributed by atoms with Crippen molar-refractivity contribution in [3.05, 3.63) is 46.0 Å². The van der Waals surface area contributed by atoms with Crippen molar-refractivity contribution >= 4 is 29.9 Å². The van der Waals surface area contributed by atoms with Crippen molar-refractivity contribution in [2.24, 2.45) is 0 Å². The van der Waals surface area contributed by atoms with Gasteiger partial charge in [0.05, 0.1) is 6.54 Å². The summed E-state index contributed by atoms with van der Waals surface area (Å²) >= 11 is 6.00. The number of amides is 1. The molecule has 2 aliphatic heterocycles. The van der Waals surface area contributed by atoms with Crippen LogP contribution < -0.4 is 5.32 Å². The average molecular weight is 396 g/mol. The van der Waals surface area contributed by atoms with E-state index in [9.17, 15) is 4.79 Å². The summed E-state index contributed by atoms with van der Waals surface area (Å²) in [6, 6.07) is 5.46. The molecule has 1 aromatic heterocycles. The number of hydrogen-bond acceptors (Lipinski definition) is 4. The van der Waals surface area contributed by atoms with Gasteiger partial charge in [0.1, 0.15) is 11.6 Å². The number of fused-ring (bicyclic) bond motifs is 1. The Morgan fingerprint density at radius 1 is 1.23 bits per heavy atom. The Hall–Kier alpha value is -1.63. The number of aryl methyl sites for hydroxylation is 1. The van der Waals surface area contributed by atoms with Crippen LogP contribution in [-0.4, -0.2) is 45.2 Å². The number of piperidine rings is 1. The van der Waals surface area contributed by atoms with Gasteiger partial charge in [-0.1, -0.05) is 11.6 Å². The molecule has 1 amide bonds. The number of hydrogen-bond donors (Lipinski definition) is 1. The minimum absolute atomic E-state index is 0. The Balaban J connectivity index is 0.00000196. The molecule has 1 aromatic carbocycles. The Kier molecular flexibility index (Phi) is 5.85. The summed E-state index contributed by atoms with van der Waals surface area (Å²) in [5.41, 5.74) is 1.67. The molecule has 2 aromatic rings. The molecule has 4 rings (SSSR count). The third-order valence-electron chi connectivity index (χ3n) is 5.22. The molecule has 0 unspecified atom stereocenters. The molecule has 3 heterocycles. The standard InChI is InChI=1S/C18H22ClN5O.ClH/c1-12-10-14(19)2-3-15(12)18(25)23-7-4-13(5-8-23)17-22-21-16-11-20-6-9-24(16)17;/h2-3,10,13,20H,4-9,11H2,1H3;1H. The average Bonchev–Trinajstić information content (AvgIpc) is 3.05. The van der Waals surface area contributed by atoms with Gasteiger partial charge < -0.3 is 14.8 Å². The molecule has 140 valence electrons. The first kappa shape index (κ1) is 19.1. The first-order chi connectivity index (χ1) is 12.1. The second-order valence-electron chi connectivity index (χ2n) is 6.83. The lowest BCUT2D eigenvalue weighted by Gasteiger charge is -2.32. The van der Waals surface area contributed by atoms with E-state index < -0.39 is 0 Å². The van der Waals surface area contributed by atoms with Crippen molar-refractivity contribution in [2.75, 3.05) is 19.6 Å². The normalized spacial score (nSPS) is 17.5. The molecule has 6 nitrogen and oxygen atoms in total. The molecule has 0 spiro atoms. The van der Waals surface area contributed by atoms with E-state index in [1.54, 1.807) is 6.07 Å². The van der Waals surface area contributed by atoms with Gasteiger partial charge in [-0.2, -0.15) is 0 Å². The van der Waals surface area contributed by atoms with E-state index in [4.69, 9.17) is 11.6 Å². The molecule has 1 fully saturated rings. The van der Waals surface area contributed by atoms with Gasteiger partial charge in [0.25, 0.3) is 5.91 Å². The lowest BCUT2D eigenvalue weighted by atomic mass is 9.95. The minimum Gasteiger partial charge on any atom is -0.339 e. The molecule has 0 radical (unpaired) electrons. The molecular weight excluding hydrogens is 373 g/mol. The van der Waals surface area contributed by atoms with Crippen molar-refractivity contribution in [3.8, 4) is 0 Å². The molecule has 8 heteroatoms. The number of aromatic nitrogens is 3. The van der Waals surface area contributed by atoms with Crippen LogP contribution in [0.15, 0.2) is 18.2 Å². The van der Waals surface area contributed by atoms with Crippen LogP contribution in [-0.2, 0) is 13.1 Å². The quantitative estimate of drug-likeness (QED) is 0.848. The second kappa shape index (κ2) is 7.94. The molecular formula is C18H23Cl2N5O. The number of rotatable bonds is 2. The van der Waals surface area contributed by atoms with Crippen molar-refractivity contribution in [3.63, 3.8) is 0 Å². The highest BCUT2D eigenvalue weighted by molar-refractivity contribution is 6.30. The fourth-order valence-electron chi connectivity index (χ4n) is 3.79. The second-order valence-corrected chi connectivity index (χ2v) is 7.26. The highest BCUT2D eigenvalue weighted by atomic mass is 35.5. The summed E-state index contributed by atoms with van der Waals surface area (Å²) in [4.78, 5) is 14.7.